The van der Waals surface area contributed by atoms with Crippen molar-refractivity contribution in [2.24, 2.45) is 5.92 Å². The van der Waals surface area contributed by atoms with Gasteiger partial charge in [0.1, 0.15) is 0 Å². The Balaban J connectivity index is 1.85. The van der Waals surface area contributed by atoms with Gasteiger partial charge in [0, 0.05) is 12.0 Å². The highest BCUT2D eigenvalue weighted by molar-refractivity contribution is 5.96. The van der Waals surface area contributed by atoms with Gasteiger partial charge in [-0.2, -0.15) is 0 Å². The van der Waals surface area contributed by atoms with E-state index < -0.39 is 0 Å². The molecule has 1 fully saturated rings. The van der Waals surface area contributed by atoms with Crippen molar-refractivity contribution in [3.8, 4) is 0 Å². The van der Waals surface area contributed by atoms with Crippen LogP contribution in [-0.2, 0) is 0 Å². The second kappa shape index (κ2) is 6.85. The normalized spacial score (nSPS) is 19.6. The van der Waals surface area contributed by atoms with Crippen LogP contribution in [0.3, 0.4) is 0 Å². The van der Waals surface area contributed by atoms with Crippen molar-refractivity contribution in [3.05, 3.63) is 35.4 Å². The third-order valence-corrected chi connectivity index (χ3v) is 4.08. The molecule has 0 radical (unpaired) electrons. The number of nitrogens with one attached hydrogen (secondary N) is 1. The van der Waals surface area contributed by atoms with Gasteiger partial charge < -0.3 is 5.32 Å². The Hall–Kier alpha value is -1.15. The van der Waals surface area contributed by atoms with Crippen LogP contribution in [0.2, 0.25) is 0 Å². The van der Waals surface area contributed by atoms with E-state index in [1.54, 1.807) is 0 Å². The number of Topliss-reactive ketones (excluding diaryl/α,β-unsaturated/α-hetero) is 1. The van der Waals surface area contributed by atoms with Crippen molar-refractivity contribution in [1.29, 1.82) is 0 Å². The number of piperidine rings is 1. The molecule has 1 heterocycles. The second-order valence-corrected chi connectivity index (χ2v) is 5.95. The van der Waals surface area contributed by atoms with E-state index >= 15 is 0 Å². The van der Waals surface area contributed by atoms with E-state index in [4.69, 9.17) is 0 Å². The molecule has 0 spiro atoms. The number of carbonyl (C=O) groups is 1. The molecule has 1 unspecified atom stereocenters. The van der Waals surface area contributed by atoms with Crippen LogP contribution in [0.15, 0.2) is 24.3 Å². The zero-order valence-corrected chi connectivity index (χ0v) is 12.1. The van der Waals surface area contributed by atoms with Gasteiger partial charge in [-0.3, -0.25) is 4.79 Å². The van der Waals surface area contributed by atoms with Crippen LogP contribution in [0.5, 0.6) is 0 Å². The molecule has 0 bridgehead atoms. The van der Waals surface area contributed by atoms with Crippen LogP contribution in [0, 0.1) is 5.92 Å². The van der Waals surface area contributed by atoms with Gasteiger partial charge in [0.2, 0.25) is 0 Å². The minimum absolute atomic E-state index is 0.292. The number of hydrogen-bond donors (Lipinski definition) is 1. The molecule has 1 aliphatic heterocycles. The molecule has 19 heavy (non-hydrogen) atoms. The first-order valence-corrected chi connectivity index (χ1v) is 7.50. The molecule has 1 aromatic rings. The Bertz CT molecular complexity index is 402. The Morgan fingerprint density at radius 1 is 1.32 bits per heavy atom. The lowest BCUT2D eigenvalue weighted by Gasteiger charge is -2.22. The standard InChI is InChI=1S/C17H25NO/c1-13(2)15-6-8-16(9-7-15)17(19)10-5-14-4-3-11-18-12-14/h6-9,13-14,18H,3-5,10-12H2,1-2H3. The molecule has 0 saturated carbocycles. The fourth-order valence-corrected chi connectivity index (χ4v) is 2.70. The maximum absolute atomic E-state index is 12.1. The molecule has 1 atom stereocenters. The molecule has 1 aromatic carbocycles. The van der Waals surface area contributed by atoms with Crippen LogP contribution in [0.1, 0.15) is 61.4 Å². The van der Waals surface area contributed by atoms with Crippen molar-refractivity contribution in [2.45, 2.75) is 45.4 Å². The van der Waals surface area contributed by atoms with E-state index in [0.29, 0.717) is 24.0 Å². The summed E-state index contributed by atoms with van der Waals surface area (Å²) in [4.78, 5) is 12.1. The van der Waals surface area contributed by atoms with Crippen molar-refractivity contribution in [2.75, 3.05) is 13.1 Å². The Morgan fingerprint density at radius 2 is 2.05 bits per heavy atom. The van der Waals surface area contributed by atoms with Crippen LogP contribution in [0.25, 0.3) is 0 Å². The molecule has 0 aromatic heterocycles. The lowest BCUT2D eigenvalue weighted by atomic mass is 9.92. The summed E-state index contributed by atoms with van der Waals surface area (Å²) in [6.45, 7) is 6.57. The number of carbonyl (C=O) groups excluding carboxylic acids is 1. The van der Waals surface area contributed by atoms with Crippen molar-refractivity contribution < 1.29 is 4.79 Å². The quantitative estimate of drug-likeness (QED) is 0.815. The van der Waals surface area contributed by atoms with E-state index in [1.165, 1.54) is 18.4 Å². The molecule has 104 valence electrons. The van der Waals surface area contributed by atoms with Gasteiger partial charge in [-0.15, -0.1) is 0 Å². The minimum atomic E-state index is 0.292. The highest BCUT2D eigenvalue weighted by atomic mass is 16.1. The third-order valence-electron chi connectivity index (χ3n) is 4.08. The molecule has 2 heteroatoms. The Kier molecular flexibility index (Phi) is 5.15. The smallest absolute Gasteiger partial charge is 0.162 e. The van der Waals surface area contributed by atoms with Crippen molar-refractivity contribution >= 4 is 5.78 Å². The van der Waals surface area contributed by atoms with E-state index in [0.717, 1.165) is 25.1 Å². The SMILES string of the molecule is CC(C)c1ccc(C(=O)CCC2CCCNC2)cc1. The van der Waals surface area contributed by atoms with Gasteiger partial charge in [0.05, 0.1) is 0 Å². The van der Waals surface area contributed by atoms with E-state index in [1.807, 2.05) is 12.1 Å². The maximum atomic E-state index is 12.1. The van der Waals surface area contributed by atoms with Crippen LogP contribution in [0.4, 0.5) is 0 Å². The van der Waals surface area contributed by atoms with Crippen LogP contribution < -0.4 is 5.32 Å². The summed E-state index contributed by atoms with van der Waals surface area (Å²) in [5, 5.41) is 3.41. The fraction of sp³-hybridized carbons (Fsp3) is 0.588. The van der Waals surface area contributed by atoms with Crippen molar-refractivity contribution in [1.82, 2.24) is 5.32 Å². The zero-order valence-electron chi connectivity index (χ0n) is 12.1. The highest BCUT2D eigenvalue weighted by Crippen LogP contribution is 2.19. The Morgan fingerprint density at radius 3 is 2.63 bits per heavy atom. The number of rotatable bonds is 5. The molecule has 2 nitrogen and oxygen atoms in total. The first-order valence-electron chi connectivity index (χ1n) is 7.50. The molecule has 0 amide bonds. The molecule has 0 aliphatic carbocycles. The molecule has 1 aliphatic rings. The van der Waals surface area contributed by atoms with Gasteiger partial charge >= 0.3 is 0 Å². The monoisotopic (exact) mass is 259 g/mol. The van der Waals surface area contributed by atoms with Gasteiger partial charge in [0.25, 0.3) is 0 Å². The predicted molar refractivity (Wildman–Crippen MR) is 79.7 cm³/mol. The summed E-state index contributed by atoms with van der Waals surface area (Å²) >= 11 is 0. The molecular weight excluding hydrogens is 234 g/mol. The molecule has 1 N–H and O–H groups in total. The first-order chi connectivity index (χ1) is 9.16. The van der Waals surface area contributed by atoms with Gasteiger partial charge in [-0.1, -0.05) is 38.1 Å². The average Bonchev–Trinajstić information content (AvgIpc) is 2.46. The summed E-state index contributed by atoms with van der Waals surface area (Å²) in [5.74, 6) is 1.51. The topological polar surface area (TPSA) is 29.1 Å². The van der Waals surface area contributed by atoms with Crippen LogP contribution in [-0.4, -0.2) is 18.9 Å². The number of benzene rings is 1. The minimum Gasteiger partial charge on any atom is -0.316 e. The summed E-state index contributed by atoms with van der Waals surface area (Å²) < 4.78 is 0. The summed E-state index contributed by atoms with van der Waals surface area (Å²) in [5.41, 5.74) is 2.17. The molecular formula is C17H25NO. The predicted octanol–water partition coefficient (Wildman–Crippen LogP) is 3.77. The maximum Gasteiger partial charge on any atom is 0.162 e. The van der Waals surface area contributed by atoms with E-state index in [-0.39, 0.29) is 0 Å². The number of hydrogen-bond acceptors (Lipinski definition) is 2. The van der Waals surface area contributed by atoms with Gasteiger partial charge in [-0.25, -0.2) is 0 Å². The van der Waals surface area contributed by atoms with Gasteiger partial charge in [0.15, 0.2) is 5.78 Å². The second-order valence-electron chi connectivity index (χ2n) is 5.95. The van der Waals surface area contributed by atoms with Gasteiger partial charge in [-0.05, 0) is 49.8 Å². The Labute approximate surface area is 116 Å². The lowest BCUT2D eigenvalue weighted by molar-refractivity contribution is 0.0971. The summed E-state index contributed by atoms with van der Waals surface area (Å²) in [6, 6.07) is 8.13. The van der Waals surface area contributed by atoms with Crippen LogP contribution >= 0.6 is 0 Å². The average molecular weight is 259 g/mol. The third kappa shape index (κ3) is 4.17. The molecule has 2 rings (SSSR count). The zero-order chi connectivity index (χ0) is 13.7. The first kappa shape index (κ1) is 14.3. The summed E-state index contributed by atoms with van der Waals surface area (Å²) in [7, 11) is 0. The van der Waals surface area contributed by atoms with E-state index in [9.17, 15) is 4.79 Å². The van der Waals surface area contributed by atoms with E-state index in [2.05, 4.69) is 31.3 Å². The summed E-state index contributed by atoms with van der Waals surface area (Å²) in [6.07, 6.45) is 4.24. The fourth-order valence-electron chi connectivity index (χ4n) is 2.70. The largest absolute Gasteiger partial charge is 0.316 e. The lowest BCUT2D eigenvalue weighted by Crippen LogP contribution is -2.30. The number of ketones is 1. The molecule has 1 saturated heterocycles. The van der Waals surface area contributed by atoms with Crippen molar-refractivity contribution in [3.63, 3.8) is 0 Å². The highest BCUT2D eigenvalue weighted by Gasteiger charge is 2.15.